The summed E-state index contributed by atoms with van der Waals surface area (Å²) in [4.78, 5) is 10.5. The average molecular weight is 707 g/mol. The third-order valence-corrected chi connectivity index (χ3v) is 11.7. The molecule has 0 fully saturated rings. The number of aromatic nitrogens is 2. The van der Waals surface area contributed by atoms with Crippen LogP contribution in [0.3, 0.4) is 0 Å². The van der Waals surface area contributed by atoms with Gasteiger partial charge >= 0.3 is 0 Å². The van der Waals surface area contributed by atoms with Crippen molar-refractivity contribution in [1.82, 2.24) is 9.97 Å². The van der Waals surface area contributed by atoms with Crippen molar-refractivity contribution in [2.24, 2.45) is 0 Å². The Morgan fingerprint density at radius 3 is 1.96 bits per heavy atom. The topological polar surface area (TPSA) is 38.9 Å². The van der Waals surface area contributed by atoms with E-state index in [0.29, 0.717) is 5.82 Å². The van der Waals surface area contributed by atoms with Crippen molar-refractivity contribution in [3.63, 3.8) is 0 Å². The summed E-state index contributed by atoms with van der Waals surface area (Å²) in [5.41, 5.74) is 11.1. The van der Waals surface area contributed by atoms with Crippen LogP contribution in [0.15, 0.2) is 186 Å². The van der Waals surface area contributed by atoms with Gasteiger partial charge in [0.25, 0.3) is 0 Å². The molecule has 0 saturated carbocycles. The summed E-state index contributed by atoms with van der Waals surface area (Å²) in [7, 11) is 0. The Labute approximate surface area is 315 Å². The summed E-state index contributed by atoms with van der Waals surface area (Å²) >= 11 is 1.86. The van der Waals surface area contributed by atoms with Gasteiger partial charge in [-0.25, -0.2) is 9.97 Å². The van der Waals surface area contributed by atoms with Crippen molar-refractivity contribution < 1.29 is 4.42 Å². The predicted molar refractivity (Wildman–Crippen MR) is 227 cm³/mol. The lowest BCUT2D eigenvalue weighted by molar-refractivity contribution is 0.669. The Bertz CT molecular complexity index is 3230. The van der Waals surface area contributed by atoms with Crippen molar-refractivity contribution >= 4 is 64.2 Å². The number of hydrogen-bond acceptors (Lipinski definition) is 4. The van der Waals surface area contributed by atoms with Gasteiger partial charge in [-0.05, 0) is 93.7 Å². The van der Waals surface area contributed by atoms with E-state index >= 15 is 0 Å². The minimum Gasteiger partial charge on any atom is -0.456 e. The first kappa shape index (κ1) is 30.7. The zero-order valence-electron chi connectivity index (χ0n) is 29.0. The third kappa shape index (κ3) is 5.19. The summed E-state index contributed by atoms with van der Waals surface area (Å²) in [5, 5.41) is 7.18. The SMILES string of the molecule is c1ccc(-c2nc(-c3cc(-c4ccc5ccccc5c4)cc(-c4cccc5c4sc4ccccc45)c3)cc(-c3ccc4oc5ccccc5c4c3)n2)cc1. The quantitative estimate of drug-likeness (QED) is 0.179. The van der Waals surface area contributed by atoms with Crippen LogP contribution in [0.25, 0.3) is 109 Å². The number of para-hydroxylation sites is 1. The number of fused-ring (bicyclic) bond motifs is 7. The molecule has 0 aliphatic rings. The number of benzene rings is 8. The van der Waals surface area contributed by atoms with Gasteiger partial charge in [0.05, 0.1) is 11.4 Å². The molecular weight excluding hydrogens is 677 g/mol. The monoisotopic (exact) mass is 706 g/mol. The Morgan fingerprint density at radius 2 is 1.06 bits per heavy atom. The summed E-state index contributed by atoms with van der Waals surface area (Å²) in [6, 6.07) is 64.6. The van der Waals surface area contributed by atoms with E-state index in [-0.39, 0.29) is 0 Å². The number of thiophene rings is 1. The molecule has 0 spiro atoms. The number of rotatable bonds is 5. The van der Waals surface area contributed by atoms with E-state index in [9.17, 15) is 0 Å². The van der Waals surface area contributed by atoms with Gasteiger partial charge in [-0.1, -0.05) is 121 Å². The van der Waals surface area contributed by atoms with Crippen LogP contribution in [-0.2, 0) is 0 Å². The van der Waals surface area contributed by atoms with Crippen LogP contribution in [-0.4, -0.2) is 9.97 Å². The lowest BCUT2D eigenvalue weighted by Crippen LogP contribution is -1.96. The number of furan rings is 1. The minimum absolute atomic E-state index is 0.685. The molecule has 54 heavy (non-hydrogen) atoms. The molecule has 0 saturated heterocycles. The zero-order chi connectivity index (χ0) is 35.6. The predicted octanol–water partition coefficient (Wildman–Crippen LogP) is 14.2. The second-order valence-corrected chi connectivity index (χ2v) is 14.8. The highest BCUT2D eigenvalue weighted by Crippen LogP contribution is 2.43. The Balaban J connectivity index is 1.16. The molecule has 0 unspecified atom stereocenters. The Kier molecular flexibility index (Phi) is 7.04. The fraction of sp³-hybridized carbons (Fsp3) is 0. The van der Waals surface area contributed by atoms with E-state index in [4.69, 9.17) is 14.4 Å². The molecule has 0 N–H and O–H groups in total. The first-order valence-electron chi connectivity index (χ1n) is 18.1. The molecule has 3 nitrogen and oxygen atoms in total. The van der Waals surface area contributed by atoms with Crippen LogP contribution < -0.4 is 0 Å². The van der Waals surface area contributed by atoms with Gasteiger partial charge in [0.2, 0.25) is 0 Å². The Morgan fingerprint density at radius 1 is 0.370 bits per heavy atom. The second-order valence-electron chi connectivity index (χ2n) is 13.8. The highest BCUT2D eigenvalue weighted by Gasteiger charge is 2.17. The second kappa shape index (κ2) is 12.4. The maximum absolute atomic E-state index is 6.18. The van der Waals surface area contributed by atoms with Gasteiger partial charge in [-0.15, -0.1) is 11.3 Å². The van der Waals surface area contributed by atoms with Crippen LogP contribution in [0.4, 0.5) is 0 Å². The largest absolute Gasteiger partial charge is 0.456 e. The van der Waals surface area contributed by atoms with E-state index < -0.39 is 0 Å². The van der Waals surface area contributed by atoms with Crippen molar-refractivity contribution in [2.45, 2.75) is 0 Å². The molecule has 3 aromatic heterocycles. The molecule has 11 rings (SSSR count). The van der Waals surface area contributed by atoms with Gasteiger partial charge < -0.3 is 4.42 Å². The highest BCUT2D eigenvalue weighted by atomic mass is 32.1. The maximum Gasteiger partial charge on any atom is 0.160 e. The number of nitrogens with zero attached hydrogens (tertiary/aromatic N) is 2. The van der Waals surface area contributed by atoms with Crippen molar-refractivity contribution in [2.75, 3.05) is 0 Å². The highest BCUT2D eigenvalue weighted by molar-refractivity contribution is 7.26. The summed E-state index contributed by atoms with van der Waals surface area (Å²) in [6.45, 7) is 0. The van der Waals surface area contributed by atoms with Crippen molar-refractivity contribution in [3.8, 4) is 56.2 Å². The lowest BCUT2D eigenvalue weighted by atomic mass is 9.93. The van der Waals surface area contributed by atoms with Gasteiger partial charge in [-0.3, -0.25) is 0 Å². The first-order valence-corrected chi connectivity index (χ1v) is 18.9. The lowest BCUT2D eigenvalue weighted by Gasteiger charge is -2.14. The molecule has 11 aromatic rings. The van der Waals surface area contributed by atoms with Crippen molar-refractivity contribution in [3.05, 3.63) is 182 Å². The van der Waals surface area contributed by atoms with Crippen LogP contribution >= 0.6 is 11.3 Å². The zero-order valence-corrected chi connectivity index (χ0v) is 29.8. The summed E-state index contributed by atoms with van der Waals surface area (Å²) in [6.07, 6.45) is 0. The molecular formula is C50H30N2OS. The maximum atomic E-state index is 6.18. The molecule has 0 aliphatic carbocycles. The van der Waals surface area contributed by atoms with Gasteiger partial charge in [0, 0.05) is 47.6 Å². The molecule has 0 amide bonds. The van der Waals surface area contributed by atoms with E-state index in [1.807, 2.05) is 41.7 Å². The number of hydrogen-bond donors (Lipinski definition) is 0. The van der Waals surface area contributed by atoms with E-state index in [1.165, 1.54) is 36.5 Å². The molecule has 0 atom stereocenters. The van der Waals surface area contributed by atoms with E-state index in [1.54, 1.807) is 0 Å². The average Bonchev–Trinajstić information content (AvgIpc) is 3.82. The third-order valence-electron chi connectivity index (χ3n) is 10.5. The molecule has 8 aromatic carbocycles. The van der Waals surface area contributed by atoms with Crippen LogP contribution in [0.2, 0.25) is 0 Å². The van der Waals surface area contributed by atoms with Crippen LogP contribution in [0, 0.1) is 0 Å². The van der Waals surface area contributed by atoms with Crippen LogP contribution in [0.5, 0.6) is 0 Å². The Hall–Kier alpha value is -6.88. The van der Waals surface area contributed by atoms with Gasteiger partial charge in [0.15, 0.2) is 5.82 Å². The van der Waals surface area contributed by atoms with Crippen LogP contribution in [0.1, 0.15) is 0 Å². The molecule has 0 aliphatic heterocycles. The van der Waals surface area contributed by atoms with E-state index in [0.717, 1.165) is 66.7 Å². The van der Waals surface area contributed by atoms with Gasteiger partial charge in [0.1, 0.15) is 11.2 Å². The summed E-state index contributed by atoms with van der Waals surface area (Å²) < 4.78 is 8.76. The standard InChI is InChI=1S/C50H30N2OS/c1-2-12-32(13-3-1)50-51-44(35-23-24-47-43(29-35)40-15-6-8-19-46(40)53-47)30-45(52-50)38-27-36(34-22-21-31-11-4-5-14-33(31)25-34)26-37(28-38)39-17-10-18-42-41-16-7-9-20-48(41)54-49(39)42/h1-30H. The van der Waals surface area contributed by atoms with E-state index in [2.05, 4.69) is 152 Å². The molecule has 3 heterocycles. The smallest absolute Gasteiger partial charge is 0.160 e. The summed E-state index contributed by atoms with van der Waals surface area (Å²) in [5.74, 6) is 0.685. The molecule has 252 valence electrons. The minimum atomic E-state index is 0.685. The molecule has 0 radical (unpaired) electrons. The van der Waals surface area contributed by atoms with Gasteiger partial charge in [-0.2, -0.15) is 0 Å². The van der Waals surface area contributed by atoms with Crippen molar-refractivity contribution in [1.29, 1.82) is 0 Å². The normalized spacial score (nSPS) is 11.7. The molecule has 0 bridgehead atoms. The first-order chi connectivity index (χ1) is 26.7. The fourth-order valence-electron chi connectivity index (χ4n) is 7.79. The fourth-order valence-corrected chi connectivity index (χ4v) is 9.02. The molecule has 4 heteroatoms.